The van der Waals surface area contributed by atoms with Gasteiger partial charge >= 0.3 is 64.8 Å². The number of aliphatic hydroxyl groups is 3. The second-order valence-electron chi connectivity index (χ2n) is 7.06. The molecule has 0 fully saturated rings. The van der Waals surface area contributed by atoms with Crippen LogP contribution in [0.1, 0.15) is 11.1 Å². The number of aliphatic hydroxyl groups excluding tert-OH is 3. The fourth-order valence-electron chi connectivity index (χ4n) is 3.05. The maximum absolute atomic E-state index is 12.2. The van der Waals surface area contributed by atoms with E-state index in [1.54, 1.807) is 12.1 Å². The number of phosphoric acid groups is 1. The van der Waals surface area contributed by atoms with Crippen LogP contribution in [0.3, 0.4) is 0 Å². The Morgan fingerprint density at radius 2 is 1.68 bits per heavy atom. The van der Waals surface area contributed by atoms with Crippen LogP contribution in [-0.4, -0.2) is 65.2 Å². The zero-order valence-corrected chi connectivity index (χ0v) is 23.8. The van der Waals surface area contributed by atoms with Crippen molar-refractivity contribution in [1.29, 1.82) is 0 Å². The number of nitrogens with one attached hydrogen (secondary N) is 1. The quantitative estimate of drug-likeness (QED) is 0.130. The third kappa shape index (κ3) is 7.72. The van der Waals surface area contributed by atoms with Crippen molar-refractivity contribution < 1.29 is 98.8 Å². The molecule has 0 saturated carbocycles. The first-order chi connectivity index (χ1) is 14.4. The summed E-state index contributed by atoms with van der Waals surface area (Å²) < 4.78 is 15.8. The van der Waals surface area contributed by atoms with E-state index >= 15 is 0 Å². The number of aryl methyl sites for hydroxylation is 2. The molecule has 6 N–H and O–H groups in total. The molecule has 1 aromatic carbocycles. The summed E-state index contributed by atoms with van der Waals surface area (Å²) in [5.74, 6) is -0.162. The predicted molar refractivity (Wildman–Crippen MR) is 106 cm³/mol. The summed E-state index contributed by atoms with van der Waals surface area (Å²) in [6.45, 7) is 2.11. The van der Waals surface area contributed by atoms with Crippen LogP contribution in [0.15, 0.2) is 21.7 Å². The number of H-pyrrole nitrogens is 1. The minimum Gasteiger partial charge on any atom is -0.790 e. The number of aromatic amines is 1. The fraction of sp³-hybridized carbons (Fsp3) is 0.412. The molecule has 0 saturated heterocycles. The van der Waals surface area contributed by atoms with E-state index in [-0.39, 0.29) is 76.1 Å². The molecular formula is C17H21N4Na2O10P. The smallest absolute Gasteiger partial charge is 0.790 e. The van der Waals surface area contributed by atoms with Gasteiger partial charge in [0.05, 0.1) is 32.0 Å². The summed E-state index contributed by atoms with van der Waals surface area (Å²) >= 11 is 0. The van der Waals surface area contributed by atoms with E-state index in [2.05, 4.69) is 14.5 Å². The molecule has 0 bridgehead atoms. The van der Waals surface area contributed by atoms with Crippen LogP contribution < -0.4 is 80.2 Å². The molecular weight excluding hydrogens is 497 g/mol. The van der Waals surface area contributed by atoms with Crippen molar-refractivity contribution in [2.75, 3.05) is 6.61 Å². The second-order valence-corrected chi connectivity index (χ2v) is 8.21. The molecule has 3 rings (SSSR count). The summed E-state index contributed by atoms with van der Waals surface area (Å²) in [7, 11) is -5.39. The molecule has 0 radical (unpaired) electrons. The first-order valence-electron chi connectivity index (χ1n) is 9.00. The molecule has 0 unspecified atom stereocenters. The summed E-state index contributed by atoms with van der Waals surface area (Å²) in [5.41, 5.74) is 0.512. The molecule has 2 aliphatic heterocycles. The van der Waals surface area contributed by atoms with Crippen LogP contribution in [0.25, 0.3) is 22.6 Å². The zero-order valence-electron chi connectivity index (χ0n) is 18.9. The number of hydrogen-bond acceptors (Lipinski definition) is 11. The van der Waals surface area contributed by atoms with Gasteiger partial charge in [0.15, 0.2) is 11.5 Å². The summed E-state index contributed by atoms with van der Waals surface area (Å²) in [5, 5.41) is 30.4. The molecule has 0 aliphatic carbocycles. The minimum atomic E-state index is -5.39. The molecule has 176 valence electrons. The number of hydrogen-bond donors (Lipinski definition) is 4. The Hall–Kier alpha value is -0.550. The number of aromatic nitrogens is 4. The van der Waals surface area contributed by atoms with Crippen LogP contribution in [0.4, 0.5) is 0 Å². The summed E-state index contributed by atoms with van der Waals surface area (Å²) in [4.78, 5) is 55.1. The normalized spacial score (nSPS) is 14.0. The van der Waals surface area contributed by atoms with Gasteiger partial charge in [0.25, 0.3) is 5.56 Å². The second kappa shape index (κ2) is 13.1. The third-order valence-corrected chi connectivity index (χ3v) is 5.25. The maximum atomic E-state index is 12.2. The van der Waals surface area contributed by atoms with Gasteiger partial charge in [-0.1, -0.05) is 0 Å². The number of phosphoric ester groups is 1. The molecule has 0 spiro atoms. The first kappa shape index (κ1) is 33.4. The van der Waals surface area contributed by atoms with Crippen molar-refractivity contribution in [3.63, 3.8) is 0 Å². The average molecular weight is 518 g/mol. The molecule has 0 aromatic heterocycles. The van der Waals surface area contributed by atoms with Gasteiger partial charge in [0.1, 0.15) is 18.3 Å². The van der Waals surface area contributed by atoms with Gasteiger partial charge in [-0.05, 0) is 37.1 Å². The summed E-state index contributed by atoms with van der Waals surface area (Å²) in [6.07, 6.45) is -5.58. The Labute approximate surface area is 236 Å². The van der Waals surface area contributed by atoms with Crippen LogP contribution in [-0.2, 0) is 15.6 Å². The van der Waals surface area contributed by atoms with Crippen LogP contribution >= 0.6 is 7.82 Å². The maximum Gasteiger partial charge on any atom is 1.00 e. The van der Waals surface area contributed by atoms with E-state index in [4.69, 9.17) is 0 Å². The Morgan fingerprint density at radius 3 is 2.26 bits per heavy atom. The third-order valence-electron chi connectivity index (χ3n) is 4.79. The molecule has 3 atom stereocenters. The van der Waals surface area contributed by atoms with Crippen molar-refractivity contribution in [1.82, 2.24) is 19.5 Å². The minimum absolute atomic E-state index is 0. The van der Waals surface area contributed by atoms with E-state index in [9.17, 15) is 39.3 Å². The van der Waals surface area contributed by atoms with Crippen LogP contribution in [0, 0.1) is 13.8 Å². The SMILES string of the molecule is Cc1cc2nc3c(=O)[nH]c(=O)nc-3n(C[C@@H](O)[C@@H](O)[C@@H](O)COP(=O)([O-])[O-])c2cc1C.O.[Na+].[Na+]. The summed E-state index contributed by atoms with van der Waals surface area (Å²) in [6, 6.07) is 3.38. The molecule has 0 amide bonds. The Balaban J connectivity index is 0.00000363. The van der Waals surface area contributed by atoms with Gasteiger partial charge in [-0.15, -0.1) is 0 Å². The number of fused-ring (bicyclic) bond motifs is 2. The topological polar surface area (TPSA) is 245 Å². The zero-order chi connectivity index (χ0) is 23.1. The molecule has 2 heterocycles. The van der Waals surface area contributed by atoms with E-state index < -0.39 is 50.5 Å². The monoisotopic (exact) mass is 518 g/mol. The van der Waals surface area contributed by atoms with Gasteiger partial charge < -0.3 is 44.2 Å². The molecule has 34 heavy (non-hydrogen) atoms. The van der Waals surface area contributed by atoms with E-state index in [0.29, 0.717) is 11.0 Å². The molecule has 1 aromatic rings. The van der Waals surface area contributed by atoms with E-state index in [1.807, 2.05) is 18.8 Å². The van der Waals surface area contributed by atoms with Crippen molar-refractivity contribution in [2.45, 2.75) is 38.7 Å². The van der Waals surface area contributed by atoms with Gasteiger partial charge in [0.2, 0.25) is 0 Å². The average Bonchev–Trinajstić information content (AvgIpc) is 2.67. The Bertz CT molecular complexity index is 1260. The predicted octanol–water partition coefficient (Wildman–Crippen LogP) is -9.69. The van der Waals surface area contributed by atoms with Crippen LogP contribution in [0.2, 0.25) is 0 Å². The first-order valence-corrected chi connectivity index (χ1v) is 10.5. The Kier molecular flexibility index (Phi) is 12.9. The van der Waals surface area contributed by atoms with E-state index in [0.717, 1.165) is 11.1 Å². The number of rotatable bonds is 7. The number of nitrogens with zero attached hydrogens (tertiary/aromatic N) is 3. The van der Waals surface area contributed by atoms with Gasteiger partial charge in [-0.3, -0.25) is 9.78 Å². The van der Waals surface area contributed by atoms with Crippen molar-refractivity contribution in [3.8, 4) is 11.5 Å². The molecule has 2 aliphatic rings. The number of benzene rings is 1. The van der Waals surface area contributed by atoms with Crippen molar-refractivity contribution in [2.24, 2.45) is 0 Å². The molecule has 14 nitrogen and oxygen atoms in total. The van der Waals surface area contributed by atoms with Gasteiger partial charge in [0, 0.05) is 0 Å². The fourth-order valence-corrected chi connectivity index (χ4v) is 3.39. The molecule has 17 heteroatoms. The largest absolute Gasteiger partial charge is 1.00 e. The van der Waals surface area contributed by atoms with Crippen molar-refractivity contribution >= 4 is 18.9 Å². The van der Waals surface area contributed by atoms with Crippen molar-refractivity contribution in [3.05, 3.63) is 44.1 Å². The standard InChI is InChI=1S/C17H21N4O9P.2Na.H2O/c1-7-3-9-10(4-8(7)2)21(15-13(18-9)16(25)20-17(26)19-15)5-11(22)14(24)12(23)6-30-31(27,28)29;;;/h3-4,11-12,14,22-24H,5-6H2,1-2H3,(H,20,25,26)(H2,27,28,29);;;1H2/q;2*+1;/p-2/t11-,12+,14-;;;/m1.../s1. The van der Waals surface area contributed by atoms with Crippen LogP contribution in [0.5, 0.6) is 0 Å². The van der Waals surface area contributed by atoms with Gasteiger partial charge in [-0.2, -0.15) is 4.98 Å². The van der Waals surface area contributed by atoms with E-state index in [1.165, 1.54) is 4.57 Å². The Morgan fingerprint density at radius 1 is 1.09 bits per heavy atom. The van der Waals surface area contributed by atoms with Gasteiger partial charge in [-0.25, -0.2) is 9.78 Å².